The molecule has 2 N–H and O–H groups in total. The van der Waals surface area contributed by atoms with Crippen LogP contribution in [0.2, 0.25) is 0 Å². The van der Waals surface area contributed by atoms with E-state index in [0.29, 0.717) is 12.4 Å². The lowest BCUT2D eigenvalue weighted by Crippen LogP contribution is -1.96. The van der Waals surface area contributed by atoms with Gasteiger partial charge in [0.2, 0.25) is 0 Å². The molecule has 3 nitrogen and oxygen atoms in total. The molecule has 1 aromatic rings. The van der Waals surface area contributed by atoms with Crippen LogP contribution < -0.4 is 5.73 Å². The van der Waals surface area contributed by atoms with Crippen LogP contribution in [0.4, 0.5) is 5.82 Å². The number of rotatable bonds is 2. The average molecular weight is 159 g/mol. The molecule has 0 aliphatic heterocycles. The zero-order valence-corrected chi connectivity index (χ0v) is 6.01. The van der Waals surface area contributed by atoms with Crippen LogP contribution in [0.5, 0.6) is 0 Å². The van der Waals surface area contributed by atoms with Crippen molar-refractivity contribution in [3.05, 3.63) is 23.9 Å². The number of halogens is 1. The monoisotopic (exact) mass is 158 g/mol. The van der Waals surface area contributed by atoms with E-state index in [1.807, 2.05) is 6.07 Å². The van der Waals surface area contributed by atoms with E-state index in [1.165, 1.54) is 0 Å². The summed E-state index contributed by atoms with van der Waals surface area (Å²) in [6, 6.07) is 3.59. The molecule has 0 aliphatic carbocycles. The molecular weight excluding hydrogens is 152 g/mol. The van der Waals surface area contributed by atoms with Crippen LogP contribution in [0.15, 0.2) is 18.3 Å². The molecular formula is C6H7ClN2O. The van der Waals surface area contributed by atoms with Gasteiger partial charge in [0.15, 0.2) is 0 Å². The van der Waals surface area contributed by atoms with E-state index in [0.717, 1.165) is 5.56 Å². The third kappa shape index (κ3) is 1.59. The second kappa shape index (κ2) is 3.39. The first-order chi connectivity index (χ1) is 4.84. The zero-order valence-electron chi connectivity index (χ0n) is 5.25. The van der Waals surface area contributed by atoms with Gasteiger partial charge in [-0.15, -0.1) is 0 Å². The van der Waals surface area contributed by atoms with E-state index in [9.17, 15) is 0 Å². The summed E-state index contributed by atoms with van der Waals surface area (Å²) in [5, 5.41) is 0. The van der Waals surface area contributed by atoms with Crippen LogP contribution in [0.3, 0.4) is 0 Å². The number of pyridine rings is 1. The topological polar surface area (TPSA) is 48.1 Å². The summed E-state index contributed by atoms with van der Waals surface area (Å²) in [6.07, 6.45) is 1.62. The summed E-state index contributed by atoms with van der Waals surface area (Å²) in [5.74, 6) is 0.461. The highest BCUT2D eigenvalue weighted by Gasteiger charge is 1.96. The predicted octanol–water partition coefficient (Wildman–Crippen LogP) is 1.33. The maximum Gasteiger partial charge on any atom is 0.128 e. The Morgan fingerprint density at radius 1 is 1.70 bits per heavy atom. The van der Waals surface area contributed by atoms with Gasteiger partial charge in [0, 0.05) is 11.8 Å². The van der Waals surface area contributed by atoms with Crippen molar-refractivity contribution < 1.29 is 4.29 Å². The third-order valence-corrected chi connectivity index (χ3v) is 1.25. The molecule has 10 heavy (non-hydrogen) atoms. The summed E-state index contributed by atoms with van der Waals surface area (Å²) in [5.41, 5.74) is 6.26. The van der Waals surface area contributed by atoms with Crippen LogP contribution in [-0.2, 0) is 10.9 Å². The van der Waals surface area contributed by atoms with Crippen molar-refractivity contribution in [2.45, 2.75) is 6.61 Å². The van der Waals surface area contributed by atoms with Crippen LogP contribution in [0.1, 0.15) is 5.56 Å². The maximum atomic E-state index is 5.46. The Kier molecular flexibility index (Phi) is 2.48. The molecule has 0 radical (unpaired) electrons. The molecule has 0 fully saturated rings. The van der Waals surface area contributed by atoms with Gasteiger partial charge < -0.3 is 5.73 Å². The lowest BCUT2D eigenvalue weighted by molar-refractivity contribution is 0.341. The molecule has 0 unspecified atom stereocenters. The van der Waals surface area contributed by atoms with Crippen LogP contribution in [-0.4, -0.2) is 4.98 Å². The van der Waals surface area contributed by atoms with Gasteiger partial charge in [0.05, 0.1) is 18.5 Å². The fourth-order valence-corrected chi connectivity index (χ4v) is 0.749. The van der Waals surface area contributed by atoms with Gasteiger partial charge in [-0.25, -0.2) is 4.98 Å². The minimum absolute atomic E-state index is 0.293. The van der Waals surface area contributed by atoms with Crippen molar-refractivity contribution in [1.82, 2.24) is 4.98 Å². The first kappa shape index (κ1) is 7.31. The van der Waals surface area contributed by atoms with Gasteiger partial charge in [-0.3, -0.25) is 4.29 Å². The Morgan fingerprint density at radius 2 is 2.50 bits per heavy atom. The summed E-state index contributed by atoms with van der Waals surface area (Å²) in [7, 11) is 0. The largest absolute Gasteiger partial charge is 0.383 e. The molecule has 0 amide bonds. The lowest BCUT2D eigenvalue weighted by atomic mass is 10.3. The van der Waals surface area contributed by atoms with E-state index in [1.54, 1.807) is 12.3 Å². The fraction of sp³-hybridized carbons (Fsp3) is 0.167. The third-order valence-electron chi connectivity index (χ3n) is 1.14. The summed E-state index contributed by atoms with van der Waals surface area (Å²) in [4.78, 5) is 3.84. The number of hydrogen-bond donors (Lipinski definition) is 1. The van der Waals surface area contributed by atoms with Gasteiger partial charge >= 0.3 is 0 Å². The first-order valence-electron chi connectivity index (χ1n) is 2.77. The molecule has 54 valence electrons. The van der Waals surface area contributed by atoms with Gasteiger partial charge in [-0.05, 0) is 6.07 Å². The van der Waals surface area contributed by atoms with Crippen LogP contribution >= 0.6 is 11.9 Å². The van der Waals surface area contributed by atoms with Crippen molar-refractivity contribution >= 4 is 17.7 Å². The molecule has 1 aromatic heterocycles. The predicted molar refractivity (Wildman–Crippen MR) is 39.3 cm³/mol. The quantitative estimate of drug-likeness (QED) is 0.707. The SMILES string of the molecule is Nc1ncccc1COCl. The molecule has 1 rings (SSSR count). The second-order valence-electron chi connectivity index (χ2n) is 1.80. The Morgan fingerprint density at radius 3 is 3.10 bits per heavy atom. The highest BCUT2D eigenvalue weighted by molar-refractivity contribution is 6.07. The van der Waals surface area contributed by atoms with E-state index in [4.69, 9.17) is 17.6 Å². The maximum absolute atomic E-state index is 5.46. The molecule has 0 saturated carbocycles. The molecule has 1 heterocycles. The summed E-state index contributed by atoms with van der Waals surface area (Å²) < 4.78 is 4.36. The lowest BCUT2D eigenvalue weighted by Gasteiger charge is -1.98. The normalized spacial score (nSPS) is 9.70. The number of nitrogen functional groups attached to an aromatic ring is 1. The van der Waals surface area contributed by atoms with E-state index in [-0.39, 0.29) is 0 Å². The number of aromatic nitrogens is 1. The fourth-order valence-electron chi connectivity index (χ4n) is 0.632. The average Bonchev–Trinajstić information content (AvgIpc) is 1.94. The molecule has 0 aromatic carbocycles. The van der Waals surface area contributed by atoms with Crippen molar-refractivity contribution in [3.8, 4) is 0 Å². The van der Waals surface area contributed by atoms with Crippen molar-refractivity contribution in [2.24, 2.45) is 0 Å². The number of nitrogens with two attached hydrogens (primary N) is 1. The first-order valence-corrected chi connectivity index (χ1v) is 3.08. The molecule has 0 spiro atoms. The standard InChI is InChI=1S/C6H7ClN2O/c7-10-4-5-2-1-3-9-6(5)8/h1-3H,4H2,(H2,8,9). The van der Waals surface area contributed by atoms with Crippen molar-refractivity contribution in [1.29, 1.82) is 0 Å². The Balaban J connectivity index is 2.81. The smallest absolute Gasteiger partial charge is 0.128 e. The highest BCUT2D eigenvalue weighted by Crippen LogP contribution is 2.08. The minimum atomic E-state index is 0.293. The van der Waals surface area contributed by atoms with E-state index >= 15 is 0 Å². The summed E-state index contributed by atoms with van der Waals surface area (Å²) >= 11 is 5.02. The van der Waals surface area contributed by atoms with E-state index in [2.05, 4.69) is 9.27 Å². The Labute approximate surface area is 63.9 Å². The number of hydrogen-bond acceptors (Lipinski definition) is 3. The van der Waals surface area contributed by atoms with Gasteiger partial charge in [-0.1, -0.05) is 6.07 Å². The molecule has 0 bridgehead atoms. The zero-order chi connectivity index (χ0) is 7.40. The highest BCUT2D eigenvalue weighted by atomic mass is 35.5. The van der Waals surface area contributed by atoms with Gasteiger partial charge in [0.1, 0.15) is 5.82 Å². The van der Waals surface area contributed by atoms with Crippen molar-refractivity contribution in [2.75, 3.05) is 5.73 Å². The number of anilines is 1. The molecule has 0 atom stereocenters. The van der Waals surface area contributed by atoms with E-state index < -0.39 is 0 Å². The number of nitrogens with zero attached hydrogens (tertiary/aromatic N) is 1. The Bertz CT molecular complexity index is 217. The van der Waals surface area contributed by atoms with Gasteiger partial charge in [0.25, 0.3) is 0 Å². The van der Waals surface area contributed by atoms with Crippen LogP contribution in [0.25, 0.3) is 0 Å². The summed E-state index contributed by atoms with van der Waals surface area (Å²) in [6.45, 7) is 0.293. The second-order valence-corrected chi connectivity index (χ2v) is 2.02. The molecule has 0 saturated heterocycles. The Hall–Kier alpha value is -0.800. The minimum Gasteiger partial charge on any atom is -0.383 e. The van der Waals surface area contributed by atoms with Gasteiger partial charge in [-0.2, -0.15) is 0 Å². The molecule has 4 heteroatoms. The molecule has 0 aliphatic rings. The van der Waals surface area contributed by atoms with Crippen LogP contribution in [0, 0.1) is 0 Å². The van der Waals surface area contributed by atoms with Crippen molar-refractivity contribution in [3.63, 3.8) is 0 Å².